The number of ether oxygens (including phenoxy) is 3. The normalized spacial score (nSPS) is 31.7. The zero-order valence-corrected chi connectivity index (χ0v) is 13.7. The summed E-state index contributed by atoms with van der Waals surface area (Å²) in [6.07, 6.45) is -0.821. The van der Waals surface area contributed by atoms with Gasteiger partial charge in [0.05, 0.1) is 19.3 Å². The smallest absolute Gasteiger partial charge is 0.220 e. The van der Waals surface area contributed by atoms with Gasteiger partial charge in [0.2, 0.25) is 5.91 Å². The molecule has 2 saturated heterocycles. The molecule has 1 aromatic rings. The summed E-state index contributed by atoms with van der Waals surface area (Å²) in [5.74, 6) is -0.145. The van der Waals surface area contributed by atoms with Crippen LogP contribution in [0.3, 0.4) is 0 Å². The maximum absolute atomic E-state index is 12.1. The first-order valence-electron chi connectivity index (χ1n) is 8.10. The SMILES string of the molecule is C=CCN(C(C)=O)[C@H]1[C@H](O)[C@H]2CO[C@H](O2)[C@H]1OCc1ccccc1. The van der Waals surface area contributed by atoms with Crippen LogP contribution >= 0.6 is 0 Å². The number of carbonyl (C=O) groups is 1. The van der Waals surface area contributed by atoms with E-state index in [-0.39, 0.29) is 5.91 Å². The van der Waals surface area contributed by atoms with E-state index in [9.17, 15) is 9.90 Å². The van der Waals surface area contributed by atoms with Gasteiger partial charge in [-0.25, -0.2) is 0 Å². The molecule has 0 spiro atoms. The summed E-state index contributed by atoms with van der Waals surface area (Å²) in [5.41, 5.74) is 1.00. The van der Waals surface area contributed by atoms with E-state index >= 15 is 0 Å². The number of amides is 1. The van der Waals surface area contributed by atoms with Gasteiger partial charge in [-0.15, -0.1) is 6.58 Å². The highest BCUT2D eigenvalue weighted by atomic mass is 16.7. The number of aliphatic hydroxyl groups excluding tert-OH is 1. The number of nitrogens with zero attached hydrogens (tertiary/aromatic N) is 1. The Labute approximate surface area is 141 Å². The largest absolute Gasteiger partial charge is 0.388 e. The van der Waals surface area contributed by atoms with Gasteiger partial charge in [-0.1, -0.05) is 36.4 Å². The lowest BCUT2D eigenvalue weighted by Crippen LogP contribution is -2.63. The van der Waals surface area contributed by atoms with Crippen LogP contribution in [0.15, 0.2) is 43.0 Å². The van der Waals surface area contributed by atoms with Crippen LogP contribution < -0.4 is 0 Å². The van der Waals surface area contributed by atoms with Crippen molar-refractivity contribution < 1.29 is 24.1 Å². The van der Waals surface area contributed by atoms with Crippen molar-refractivity contribution in [3.8, 4) is 0 Å². The third-order valence-corrected chi connectivity index (χ3v) is 4.44. The Kier molecular flexibility index (Phi) is 5.30. The first-order valence-corrected chi connectivity index (χ1v) is 8.10. The second kappa shape index (κ2) is 7.44. The molecule has 3 rings (SSSR count). The molecule has 24 heavy (non-hydrogen) atoms. The molecule has 6 heteroatoms. The minimum Gasteiger partial charge on any atom is -0.388 e. The van der Waals surface area contributed by atoms with Crippen LogP contribution in [0.25, 0.3) is 0 Å². The number of benzene rings is 1. The predicted octanol–water partition coefficient (Wildman–Crippen LogP) is 1.09. The average molecular weight is 333 g/mol. The molecule has 5 atom stereocenters. The number of rotatable bonds is 6. The summed E-state index contributed by atoms with van der Waals surface area (Å²) in [5, 5.41) is 10.7. The molecule has 2 heterocycles. The number of carbonyl (C=O) groups excluding carboxylic acids is 1. The van der Waals surface area contributed by atoms with Crippen molar-refractivity contribution in [2.45, 2.75) is 44.2 Å². The van der Waals surface area contributed by atoms with Gasteiger partial charge in [0.1, 0.15) is 18.3 Å². The Morgan fingerprint density at radius 3 is 2.88 bits per heavy atom. The highest BCUT2D eigenvalue weighted by Gasteiger charge is 2.53. The molecule has 0 radical (unpaired) electrons. The fourth-order valence-electron chi connectivity index (χ4n) is 3.27. The minimum atomic E-state index is -0.867. The first kappa shape index (κ1) is 17.1. The highest BCUT2D eigenvalue weighted by Crippen LogP contribution is 2.33. The molecule has 1 N–H and O–H groups in total. The van der Waals surface area contributed by atoms with E-state index in [1.165, 1.54) is 6.92 Å². The van der Waals surface area contributed by atoms with E-state index in [4.69, 9.17) is 14.2 Å². The molecule has 0 aliphatic carbocycles. The Balaban J connectivity index is 1.81. The fourth-order valence-corrected chi connectivity index (χ4v) is 3.27. The number of hydrogen-bond donors (Lipinski definition) is 1. The maximum atomic E-state index is 12.1. The van der Waals surface area contributed by atoms with Gasteiger partial charge >= 0.3 is 0 Å². The zero-order valence-electron chi connectivity index (χ0n) is 13.7. The molecule has 2 aliphatic heterocycles. The van der Waals surface area contributed by atoms with Crippen molar-refractivity contribution >= 4 is 5.91 Å². The Bertz CT molecular complexity index is 578. The second-order valence-corrected chi connectivity index (χ2v) is 6.08. The molecule has 2 aliphatic rings. The van der Waals surface area contributed by atoms with E-state index in [0.29, 0.717) is 19.8 Å². The van der Waals surface area contributed by atoms with Gasteiger partial charge in [0, 0.05) is 13.5 Å². The van der Waals surface area contributed by atoms with Crippen molar-refractivity contribution in [2.75, 3.05) is 13.2 Å². The molecule has 0 saturated carbocycles. The lowest BCUT2D eigenvalue weighted by molar-refractivity contribution is -0.230. The molecule has 1 aromatic carbocycles. The molecule has 1 amide bonds. The maximum Gasteiger partial charge on any atom is 0.220 e. The van der Waals surface area contributed by atoms with Crippen molar-refractivity contribution in [3.63, 3.8) is 0 Å². The molecular formula is C18H23NO5. The summed E-state index contributed by atoms with van der Waals surface area (Å²) in [4.78, 5) is 13.6. The van der Waals surface area contributed by atoms with Crippen LogP contribution in [0, 0.1) is 0 Å². The third kappa shape index (κ3) is 3.37. The molecule has 0 unspecified atom stereocenters. The van der Waals surface area contributed by atoms with Crippen molar-refractivity contribution in [3.05, 3.63) is 48.6 Å². The van der Waals surface area contributed by atoms with Crippen LogP contribution in [0.1, 0.15) is 12.5 Å². The lowest BCUT2D eigenvalue weighted by atomic mass is 9.95. The third-order valence-electron chi connectivity index (χ3n) is 4.44. The summed E-state index contributed by atoms with van der Waals surface area (Å²) in [7, 11) is 0. The average Bonchev–Trinajstić information content (AvgIpc) is 3.02. The Hall–Kier alpha value is -1.73. The summed E-state index contributed by atoms with van der Waals surface area (Å²) >= 11 is 0. The number of fused-ring (bicyclic) bond motifs is 2. The van der Waals surface area contributed by atoms with Gasteiger partial charge in [0.15, 0.2) is 6.29 Å². The van der Waals surface area contributed by atoms with E-state index in [1.807, 2.05) is 30.3 Å². The molecule has 2 bridgehead atoms. The van der Waals surface area contributed by atoms with Gasteiger partial charge in [0.25, 0.3) is 0 Å². The topological polar surface area (TPSA) is 68.2 Å². The van der Waals surface area contributed by atoms with Crippen LogP contribution in [-0.2, 0) is 25.6 Å². The van der Waals surface area contributed by atoms with Gasteiger partial charge in [-0.3, -0.25) is 4.79 Å². The summed E-state index contributed by atoms with van der Waals surface area (Å²) in [6, 6.07) is 9.19. The molecule has 0 aromatic heterocycles. The van der Waals surface area contributed by atoms with Gasteiger partial charge in [-0.2, -0.15) is 0 Å². The standard InChI is InChI=1S/C18H23NO5/c1-3-9-19(12(2)20)15-16(21)14-11-23-18(24-14)17(15)22-10-13-7-5-4-6-8-13/h3-8,14-18,21H,1,9-11H2,2H3/t14-,15+,16-,17+,18-/m1/s1. The number of aliphatic hydroxyl groups is 1. The van der Waals surface area contributed by atoms with Crippen LogP contribution in [0.4, 0.5) is 0 Å². The highest BCUT2D eigenvalue weighted by molar-refractivity contribution is 5.74. The monoisotopic (exact) mass is 333 g/mol. The van der Waals surface area contributed by atoms with Crippen molar-refractivity contribution in [1.82, 2.24) is 4.90 Å². The van der Waals surface area contributed by atoms with Gasteiger partial charge in [-0.05, 0) is 5.56 Å². The molecule has 6 nitrogen and oxygen atoms in total. The van der Waals surface area contributed by atoms with Crippen LogP contribution in [0.5, 0.6) is 0 Å². The Morgan fingerprint density at radius 2 is 2.21 bits per heavy atom. The van der Waals surface area contributed by atoms with E-state index in [1.54, 1.807) is 11.0 Å². The van der Waals surface area contributed by atoms with E-state index in [0.717, 1.165) is 5.56 Å². The van der Waals surface area contributed by atoms with Crippen LogP contribution in [0.2, 0.25) is 0 Å². The molecule has 2 fully saturated rings. The summed E-state index contributed by atoms with van der Waals surface area (Å²) < 4.78 is 17.3. The zero-order chi connectivity index (χ0) is 17.1. The summed E-state index contributed by atoms with van der Waals surface area (Å²) in [6.45, 7) is 6.15. The van der Waals surface area contributed by atoms with E-state index < -0.39 is 30.6 Å². The fraction of sp³-hybridized carbons (Fsp3) is 0.500. The minimum absolute atomic E-state index is 0.145. The van der Waals surface area contributed by atoms with E-state index in [2.05, 4.69) is 6.58 Å². The quantitative estimate of drug-likeness (QED) is 0.790. The van der Waals surface area contributed by atoms with Crippen molar-refractivity contribution in [1.29, 1.82) is 0 Å². The number of hydrogen-bond acceptors (Lipinski definition) is 5. The predicted molar refractivity (Wildman–Crippen MR) is 87.0 cm³/mol. The second-order valence-electron chi connectivity index (χ2n) is 6.08. The first-order chi connectivity index (χ1) is 11.6. The van der Waals surface area contributed by atoms with Crippen LogP contribution in [-0.4, -0.2) is 59.7 Å². The Morgan fingerprint density at radius 1 is 1.46 bits per heavy atom. The van der Waals surface area contributed by atoms with Crippen molar-refractivity contribution in [2.24, 2.45) is 0 Å². The molecule has 130 valence electrons. The van der Waals surface area contributed by atoms with Gasteiger partial charge < -0.3 is 24.2 Å². The molecular weight excluding hydrogens is 310 g/mol. The lowest BCUT2D eigenvalue weighted by Gasteiger charge is -2.43.